The fraction of sp³-hybridized carbons (Fsp3) is 0.381. The van der Waals surface area contributed by atoms with Crippen LogP contribution in [0.2, 0.25) is 0 Å². The number of nitrogens with zero attached hydrogens (tertiary/aromatic N) is 1. The van der Waals surface area contributed by atoms with Gasteiger partial charge in [-0.1, -0.05) is 12.1 Å². The number of ether oxygens (including phenoxy) is 1. The monoisotopic (exact) mass is 453 g/mol. The van der Waals surface area contributed by atoms with E-state index in [2.05, 4.69) is 15.4 Å². The molecule has 0 aromatic heterocycles. The average molecular weight is 454 g/mol. The number of rotatable bonds is 8. The van der Waals surface area contributed by atoms with E-state index in [-0.39, 0.29) is 17.6 Å². The van der Waals surface area contributed by atoms with Crippen LogP contribution in [-0.4, -0.2) is 51.1 Å². The van der Waals surface area contributed by atoms with Crippen LogP contribution in [0.1, 0.15) is 23.2 Å². The van der Waals surface area contributed by atoms with Crippen molar-refractivity contribution < 1.29 is 26.7 Å². The van der Waals surface area contributed by atoms with Crippen LogP contribution < -0.4 is 15.4 Å². The van der Waals surface area contributed by atoms with E-state index in [1.807, 2.05) is 0 Å². The number of carbonyl (C=O) groups is 1. The van der Waals surface area contributed by atoms with Gasteiger partial charge < -0.3 is 15.4 Å². The molecule has 0 bridgehead atoms. The van der Waals surface area contributed by atoms with Gasteiger partial charge >= 0.3 is 6.61 Å². The van der Waals surface area contributed by atoms with Gasteiger partial charge in [-0.3, -0.25) is 4.79 Å². The normalized spacial score (nSPS) is 15.6. The summed E-state index contributed by atoms with van der Waals surface area (Å²) in [6.45, 7) is -1.50. The maximum atomic E-state index is 12.7. The molecule has 1 fully saturated rings. The van der Waals surface area contributed by atoms with E-state index < -0.39 is 16.6 Å². The lowest BCUT2D eigenvalue weighted by molar-refractivity contribution is -0.0498. The van der Waals surface area contributed by atoms with E-state index in [4.69, 9.17) is 0 Å². The van der Waals surface area contributed by atoms with Crippen molar-refractivity contribution in [3.05, 3.63) is 54.1 Å². The predicted octanol–water partition coefficient (Wildman–Crippen LogP) is 3.43. The van der Waals surface area contributed by atoms with Gasteiger partial charge in [0.15, 0.2) is 0 Å². The van der Waals surface area contributed by atoms with Crippen LogP contribution >= 0.6 is 0 Å². The quantitative estimate of drug-likeness (QED) is 0.640. The van der Waals surface area contributed by atoms with Crippen LogP contribution in [0.25, 0.3) is 0 Å². The lowest BCUT2D eigenvalue weighted by Gasteiger charge is -2.30. The molecule has 0 radical (unpaired) electrons. The molecular weight excluding hydrogens is 428 g/mol. The Morgan fingerprint density at radius 3 is 2.39 bits per heavy atom. The van der Waals surface area contributed by atoms with Gasteiger partial charge in [-0.05, 0) is 55.2 Å². The molecule has 1 heterocycles. The highest BCUT2D eigenvalue weighted by molar-refractivity contribution is 7.88. The number of hydrogen-bond acceptors (Lipinski definition) is 5. The second kappa shape index (κ2) is 10.1. The number of carbonyl (C=O) groups excluding carboxylic acids is 1. The number of amides is 1. The number of benzene rings is 2. The molecule has 0 spiro atoms. The van der Waals surface area contributed by atoms with Crippen LogP contribution in [0, 0.1) is 5.92 Å². The van der Waals surface area contributed by atoms with E-state index >= 15 is 0 Å². The summed E-state index contributed by atoms with van der Waals surface area (Å²) in [5, 5.41) is 6.05. The number of nitrogens with one attached hydrogen (secondary N) is 2. The van der Waals surface area contributed by atoms with Crippen LogP contribution in [0.5, 0.6) is 5.75 Å². The van der Waals surface area contributed by atoms with Crippen LogP contribution in [0.3, 0.4) is 0 Å². The van der Waals surface area contributed by atoms with Crippen molar-refractivity contribution in [1.82, 2.24) is 9.62 Å². The molecule has 3 rings (SSSR count). The lowest BCUT2D eigenvalue weighted by Crippen LogP contribution is -2.41. The molecule has 0 unspecified atom stereocenters. The Labute approximate surface area is 180 Å². The molecule has 168 valence electrons. The number of halogens is 2. The molecule has 0 atom stereocenters. The molecule has 2 aromatic rings. The molecule has 0 saturated carbocycles. The van der Waals surface area contributed by atoms with E-state index in [9.17, 15) is 22.0 Å². The first-order chi connectivity index (χ1) is 14.7. The van der Waals surface area contributed by atoms with Crippen LogP contribution in [0.15, 0.2) is 48.5 Å². The topological polar surface area (TPSA) is 87.7 Å². The van der Waals surface area contributed by atoms with Gasteiger partial charge in [-0.2, -0.15) is 8.78 Å². The zero-order valence-electron chi connectivity index (χ0n) is 17.1. The number of alkyl halides is 2. The van der Waals surface area contributed by atoms with E-state index in [0.717, 1.165) is 0 Å². The summed E-state index contributed by atoms with van der Waals surface area (Å²) in [6, 6.07) is 13.0. The summed E-state index contributed by atoms with van der Waals surface area (Å²) in [4.78, 5) is 12.7. The third-order valence-electron chi connectivity index (χ3n) is 5.12. The smallest absolute Gasteiger partial charge is 0.387 e. The summed E-state index contributed by atoms with van der Waals surface area (Å²) < 4.78 is 53.6. The van der Waals surface area contributed by atoms with Gasteiger partial charge in [0.25, 0.3) is 5.91 Å². The predicted molar refractivity (Wildman–Crippen MR) is 114 cm³/mol. The molecule has 1 aliphatic rings. The van der Waals surface area contributed by atoms with Crippen molar-refractivity contribution >= 4 is 27.3 Å². The molecule has 2 aromatic carbocycles. The molecule has 31 heavy (non-hydrogen) atoms. The number of sulfonamides is 1. The Morgan fingerprint density at radius 1 is 1.13 bits per heavy atom. The fourth-order valence-electron chi connectivity index (χ4n) is 3.44. The molecule has 7 nitrogen and oxygen atoms in total. The first-order valence-corrected chi connectivity index (χ1v) is 11.7. The minimum Gasteiger partial charge on any atom is -0.435 e. The zero-order chi connectivity index (χ0) is 22.4. The second-order valence-electron chi connectivity index (χ2n) is 7.39. The highest BCUT2D eigenvalue weighted by Gasteiger charge is 2.25. The first kappa shape index (κ1) is 23.0. The highest BCUT2D eigenvalue weighted by atomic mass is 32.2. The Bertz CT molecular complexity index is 992. The van der Waals surface area contributed by atoms with Gasteiger partial charge in [0.1, 0.15) is 5.75 Å². The van der Waals surface area contributed by atoms with Crippen molar-refractivity contribution in [2.24, 2.45) is 5.92 Å². The minimum atomic E-state index is -3.17. The van der Waals surface area contributed by atoms with Gasteiger partial charge in [0.05, 0.1) is 17.5 Å². The Balaban J connectivity index is 1.58. The lowest BCUT2D eigenvalue weighted by atomic mass is 9.98. The third-order valence-corrected chi connectivity index (χ3v) is 6.43. The molecule has 2 N–H and O–H groups in total. The second-order valence-corrected chi connectivity index (χ2v) is 9.37. The van der Waals surface area contributed by atoms with E-state index in [1.165, 1.54) is 22.7 Å². The van der Waals surface area contributed by atoms with Gasteiger partial charge in [-0.25, -0.2) is 12.7 Å². The van der Waals surface area contributed by atoms with Gasteiger partial charge in [0, 0.05) is 25.3 Å². The third kappa shape index (κ3) is 6.63. The van der Waals surface area contributed by atoms with Gasteiger partial charge in [0.2, 0.25) is 10.0 Å². The van der Waals surface area contributed by atoms with Crippen LogP contribution in [-0.2, 0) is 10.0 Å². The molecule has 1 aliphatic heterocycles. The summed E-state index contributed by atoms with van der Waals surface area (Å²) in [5.74, 6) is 0.0178. The van der Waals surface area contributed by atoms with Crippen molar-refractivity contribution in [3.8, 4) is 5.75 Å². The maximum absolute atomic E-state index is 12.7. The molecule has 10 heteroatoms. The van der Waals surface area contributed by atoms with Crippen LogP contribution in [0.4, 0.5) is 20.2 Å². The Morgan fingerprint density at radius 2 is 1.77 bits per heavy atom. The number of anilines is 2. The number of hydrogen-bond donors (Lipinski definition) is 2. The van der Waals surface area contributed by atoms with Gasteiger partial charge in [-0.15, -0.1) is 0 Å². The summed E-state index contributed by atoms with van der Waals surface area (Å²) >= 11 is 0. The summed E-state index contributed by atoms with van der Waals surface area (Å²) in [7, 11) is -3.17. The molecule has 1 saturated heterocycles. The SMILES string of the molecule is CS(=O)(=O)N1CCC(CNC(=O)c2ccccc2Nc2ccc(OC(F)F)cc2)CC1. The number of piperidine rings is 1. The summed E-state index contributed by atoms with van der Waals surface area (Å²) in [5.41, 5.74) is 1.65. The molecular formula is C21H25F2N3O4S. The minimum absolute atomic E-state index is 0.0495. The summed E-state index contributed by atoms with van der Waals surface area (Å²) in [6.07, 6.45) is 2.60. The maximum Gasteiger partial charge on any atom is 0.387 e. The van der Waals surface area contributed by atoms with Crippen molar-refractivity contribution in [2.45, 2.75) is 19.5 Å². The Hall–Kier alpha value is -2.72. The van der Waals surface area contributed by atoms with Crippen molar-refractivity contribution in [1.29, 1.82) is 0 Å². The zero-order valence-corrected chi connectivity index (χ0v) is 17.9. The fourth-order valence-corrected chi connectivity index (χ4v) is 4.32. The Kier molecular flexibility index (Phi) is 7.45. The standard InChI is InChI=1S/C21H25F2N3O4S/c1-31(28,29)26-12-10-15(11-13-26)14-24-20(27)18-4-2-3-5-19(18)25-16-6-8-17(9-7-16)30-21(22)23/h2-9,15,21,25H,10-14H2,1H3,(H,24,27). The van der Waals surface area contributed by atoms with E-state index in [0.29, 0.717) is 49.4 Å². The molecule has 1 amide bonds. The first-order valence-electron chi connectivity index (χ1n) is 9.86. The molecule has 0 aliphatic carbocycles. The van der Waals surface area contributed by atoms with Crippen molar-refractivity contribution in [2.75, 3.05) is 31.2 Å². The largest absolute Gasteiger partial charge is 0.435 e. The highest BCUT2D eigenvalue weighted by Crippen LogP contribution is 2.24. The number of para-hydroxylation sites is 1. The van der Waals surface area contributed by atoms with E-state index in [1.54, 1.807) is 36.4 Å². The van der Waals surface area contributed by atoms with Crippen molar-refractivity contribution in [3.63, 3.8) is 0 Å². The average Bonchev–Trinajstić information content (AvgIpc) is 2.73.